The Labute approximate surface area is 152 Å². The fraction of sp³-hybridized carbons (Fsp3) is 0.421. The number of hydrogen-bond acceptors (Lipinski definition) is 4. The molecule has 2 N–H and O–H groups in total. The zero-order chi connectivity index (χ0) is 17.9. The predicted octanol–water partition coefficient (Wildman–Crippen LogP) is 2.19. The van der Waals surface area contributed by atoms with Gasteiger partial charge in [0.05, 0.1) is 29.5 Å². The molecule has 1 fully saturated rings. The molecule has 3 aromatic rings. The quantitative estimate of drug-likeness (QED) is 0.738. The first-order valence-corrected chi connectivity index (χ1v) is 9.10. The van der Waals surface area contributed by atoms with Crippen LogP contribution in [0.5, 0.6) is 0 Å². The van der Waals surface area contributed by atoms with Gasteiger partial charge in [-0.05, 0) is 37.4 Å². The molecule has 1 aliphatic rings. The lowest BCUT2D eigenvalue weighted by Gasteiger charge is -2.31. The number of benzene rings is 1. The number of likely N-dealkylation sites (tertiary alicyclic amines) is 1. The summed E-state index contributed by atoms with van der Waals surface area (Å²) in [5.41, 5.74) is 2.85. The van der Waals surface area contributed by atoms with Crippen LogP contribution >= 0.6 is 0 Å². The van der Waals surface area contributed by atoms with Gasteiger partial charge in [-0.3, -0.25) is 14.4 Å². The van der Waals surface area contributed by atoms with Gasteiger partial charge in [0.15, 0.2) is 0 Å². The summed E-state index contributed by atoms with van der Waals surface area (Å²) in [6.45, 7) is 2.32. The molecule has 2 aromatic heterocycles. The minimum atomic E-state index is 0.0161. The van der Waals surface area contributed by atoms with E-state index in [4.69, 9.17) is 0 Å². The van der Waals surface area contributed by atoms with Crippen LogP contribution in [0.15, 0.2) is 36.7 Å². The lowest BCUT2D eigenvalue weighted by atomic mass is 9.94. The Morgan fingerprint density at radius 3 is 3.08 bits per heavy atom. The number of carbonyl (C=O) groups excluding carboxylic acids is 1. The van der Waals surface area contributed by atoms with Gasteiger partial charge in [-0.15, -0.1) is 0 Å². The number of aromatic amines is 1. The third kappa shape index (κ3) is 3.94. The number of hydrogen-bond donors (Lipinski definition) is 2. The summed E-state index contributed by atoms with van der Waals surface area (Å²) in [4.78, 5) is 22.6. The highest BCUT2D eigenvalue weighted by Gasteiger charge is 2.23. The van der Waals surface area contributed by atoms with E-state index in [1.54, 1.807) is 17.1 Å². The number of rotatable bonds is 5. The van der Waals surface area contributed by atoms with Crippen LogP contribution in [0.1, 0.15) is 18.7 Å². The number of aromatic nitrogens is 4. The Morgan fingerprint density at radius 2 is 2.27 bits per heavy atom. The van der Waals surface area contributed by atoms with Crippen LogP contribution in [0.2, 0.25) is 0 Å². The van der Waals surface area contributed by atoms with Crippen LogP contribution in [0, 0.1) is 5.92 Å². The number of nitrogens with zero attached hydrogens (tertiary/aromatic N) is 4. The van der Waals surface area contributed by atoms with Gasteiger partial charge in [0.1, 0.15) is 5.82 Å². The summed E-state index contributed by atoms with van der Waals surface area (Å²) in [5.74, 6) is 1.58. The fourth-order valence-electron chi connectivity index (χ4n) is 3.73. The fourth-order valence-corrected chi connectivity index (χ4v) is 3.73. The van der Waals surface area contributed by atoms with Gasteiger partial charge < -0.3 is 10.3 Å². The molecule has 1 atom stereocenters. The highest BCUT2D eigenvalue weighted by Crippen LogP contribution is 2.21. The number of nitrogens with one attached hydrogen (secondary N) is 2. The van der Waals surface area contributed by atoms with Gasteiger partial charge in [-0.2, -0.15) is 5.10 Å². The molecule has 3 heterocycles. The van der Waals surface area contributed by atoms with E-state index < -0.39 is 0 Å². The molecule has 1 amide bonds. The van der Waals surface area contributed by atoms with Crippen molar-refractivity contribution in [3.63, 3.8) is 0 Å². The van der Waals surface area contributed by atoms with Gasteiger partial charge in [0.2, 0.25) is 5.91 Å². The van der Waals surface area contributed by atoms with E-state index in [2.05, 4.69) is 31.3 Å². The highest BCUT2D eigenvalue weighted by atomic mass is 16.2. The maximum absolute atomic E-state index is 12.3. The number of H-pyrrole nitrogens is 1. The van der Waals surface area contributed by atoms with Crippen molar-refractivity contribution in [2.45, 2.75) is 19.3 Å². The molecule has 0 radical (unpaired) electrons. The van der Waals surface area contributed by atoms with Crippen LogP contribution in [-0.2, 0) is 18.3 Å². The van der Waals surface area contributed by atoms with Crippen LogP contribution in [0.3, 0.4) is 0 Å². The molecule has 7 nitrogen and oxygen atoms in total. The SMILES string of the molecule is Cn1cc(NC(=O)CN2CCC[C@H](Cc3nc4ccccc4[nH]3)C2)cn1. The smallest absolute Gasteiger partial charge is 0.238 e. The number of para-hydroxylation sites is 2. The van der Waals surface area contributed by atoms with E-state index >= 15 is 0 Å². The summed E-state index contributed by atoms with van der Waals surface area (Å²) in [6, 6.07) is 8.12. The van der Waals surface area contributed by atoms with Gasteiger partial charge >= 0.3 is 0 Å². The first kappa shape index (κ1) is 16.8. The van der Waals surface area contributed by atoms with Gasteiger partial charge in [-0.25, -0.2) is 4.98 Å². The largest absolute Gasteiger partial charge is 0.342 e. The molecule has 0 spiro atoms. The number of imidazole rings is 1. The van der Waals surface area contributed by atoms with Crippen molar-refractivity contribution in [3.8, 4) is 0 Å². The van der Waals surface area contributed by atoms with Crippen LogP contribution in [-0.4, -0.2) is 50.2 Å². The molecular formula is C19H24N6O. The molecule has 0 unspecified atom stereocenters. The van der Waals surface area contributed by atoms with Gasteiger partial charge in [0.25, 0.3) is 0 Å². The number of piperidine rings is 1. The molecule has 7 heteroatoms. The summed E-state index contributed by atoms with van der Waals surface area (Å²) in [5, 5.41) is 6.98. The van der Waals surface area contributed by atoms with Crippen LogP contribution in [0.4, 0.5) is 5.69 Å². The standard InChI is InChI=1S/C19H24N6O/c1-24-12-15(10-20-24)21-19(26)13-25-8-4-5-14(11-25)9-18-22-16-6-2-3-7-17(16)23-18/h2-3,6-7,10,12,14H,4-5,8-9,11,13H2,1H3,(H,21,26)(H,22,23)/t14-/m1/s1. The van der Waals surface area contributed by atoms with Crippen molar-refractivity contribution in [1.29, 1.82) is 0 Å². The lowest BCUT2D eigenvalue weighted by molar-refractivity contribution is -0.117. The van der Waals surface area contributed by atoms with Crippen molar-refractivity contribution in [1.82, 2.24) is 24.6 Å². The number of anilines is 1. The molecular weight excluding hydrogens is 328 g/mol. The van der Waals surface area contributed by atoms with E-state index in [1.807, 2.05) is 25.2 Å². The van der Waals surface area contributed by atoms with Crippen molar-refractivity contribution >= 4 is 22.6 Å². The third-order valence-corrected chi connectivity index (χ3v) is 4.88. The van der Waals surface area contributed by atoms with E-state index in [1.165, 1.54) is 6.42 Å². The average Bonchev–Trinajstić information content (AvgIpc) is 3.20. The molecule has 136 valence electrons. The van der Waals surface area contributed by atoms with Crippen LogP contribution < -0.4 is 5.32 Å². The Morgan fingerprint density at radius 1 is 1.38 bits per heavy atom. The summed E-state index contributed by atoms with van der Waals surface area (Å²) >= 11 is 0. The Bertz CT molecular complexity index is 865. The van der Waals surface area contributed by atoms with Crippen LogP contribution in [0.25, 0.3) is 11.0 Å². The van der Waals surface area contributed by atoms with Crippen molar-refractivity contribution in [2.75, 3.05) is 25.0 Å². The second kappa shape index (κ2) is 7.29. The van der Waals surface area contributed by atoms with E-state index in [0.29, 0.717) is 12.5 Å². The molecule has 4 rings (SSSR count). The Hall–Kier alpha value is -2.67. The Balaban J connectivity index is 1.32. The van der Waals surface area contributed by atoms with E-state index in [9.17, 15) is 4.79 Å². The van der Waals surface area contributed by atoms with Crippen molar-refractivity contribution < 1.29 is 4.79 Å². The zero-order valence-corrected chi connectivity index (χ0v) is 15.0. The van der Waals surface area contributed by atoms with E-state index in [-0.39, 0.29) is 5.91 Å². The molecule has 0 bridgehead atoms. The minimum Gasteiger partial charge on any atom is -0.342 e. The number of amides is 1. The van der Waals surface area contributed by atoms with Gasteiger partial charge in [0, 0.05) is 26.2 Å². The first-order valence-electron chi connectivity index (χ1n) is 9.10. The minimum absolute atomic E-state index is 0.0161. The van der Waals surface area contributed by atoms with Crippen molar-refractivity contribution in [2.24, 2.45) is 13.0 Å². The molecule has 1 aliphatic heterocycles. The maximum atomic E-state index is 12.3. The molecule has 0 aliphatic carbocycles. The monoisotopic (exact) mass is 352 g/mol. The molecule has 1 saturated heterocycles. The molecule has 0 saturated carbocycles. The second-order valence-corrected chi connectivity index (χ2v) is 7.10. The summed E-state index contributed by atoms with van der Waals surface area (Å²) in [7, 11) is 1.84. The van der Waals surface area contributed by atoms with Crippen molar-refractivity contribution in [3.05, 3.63) is 42.5 Å². The van der Waals surface area contributed by atoms with E-state index in [0.717, 1.165) is 48.5 Å². The summed E-state index contributed by atoms with van der Waals surface area (Å²) in [6.07, 6.45) is 6.69. The molecule has 26 heavy (non-hydrogen) atoms. The summed E-state index contributed by atoms with van der Waals surface area (Å²) < 4.78 is 1.68. The topological polar surface area (TPSA) is 78.8 Å². The maximum Gasteiger partial charge on any atom is 0.238 e. The number of carbonyl (C=O) groups is 1. The predicted molar refractivity (Wildman–Crippen MR) is 101 cm³/mol. The number of fused-ring (bicyclic) bond motifs is 1. The number of aryl methyl sites for hydroxylation is 1. The first-order chi connectivity index (χ1) is 12.7. The third-order valence-electron chi connectivity index (χ3n) is 4.88. The highest BCUT2D eigenvalue weighted by molar-refractivity contribution is 5.91. The normalized spacial score (nSPS) is 18.3. The lowest BCUT2D eigenvalue weighted by Crippen LogP contribution is -2.41. The molecule has 1 aromatic carbocycles. The average molecular weight is 352 g/mol. The Kier molecular flexibility index (Phi) is 4.71. The van der Waals surface area contributed by atoms with Gasteiger partial charge in [-0.1, -0.05) is 12.1 Å². The second-order valence-electron chi connectivity index (χ2n) is 7.10. The zero-order valence-electron chi connectivity index (χ0n) is 15.0.